The smallest absolute Gasteiger partial charge is 0.100 e. The zero-order valence-electron chi connectivity index (χ0n) is 14.1. The second kappa shape index (κ2) is 7.42. The molecule has 0 aliphatic heterocycles. The SMILES string of the molecule is Clc1ccc(-n2cnc(/C=C/c3ccccc3)c2-c2ccccc2)cc1. The standard InChI is InChI=1S/C23H17ClN2/c24-20-12-14-21(15-13-20)26-17-25-22(16-11-18-7-3-1-4-8-18)23(26)19-9-5-2-6-10-19/h1-17H/b16-11+. The molecule has 0 aliphatic carbocycles. The predicted molar refractivity (Wildman–Crippen MR) is 109 cm³/mol. The van der Waals surface area contributed by atoms with Crippen molar-refractivity contribution in [3.63, 3.8) is 0 Å². The van der Waals surface area contributed by atoms with Crippen molar-refractivity contribution in [2.24, 2.45) is 0 Å². The van der Waals surface area contributed by atoms with Gasteiger partial charge in [-0.3, -0.25) is 4.57 Å². The molecule has 0 fully saturated rings. The lowest BCUT2D eigenvalue weighted by atomic mass is 10.1. The van der Waals surface area contributed by atoms with Gasteiger partial charge < -0.3 is 0 Å². The number of imidazole rings is 1. The van der Waals surface area contributed by atoms with E-state index in [9.17, 15) is 0 Å². The number of nitrogens with zero attached hydrogens (tertiary/aromatic N) is 2. The van der Waals surface area contributed by atoms with Gasteiger partial charge >= 0.3 is 0 Å². The highest BCUT2D eigenvalue weighted by Gasteiger charge is 2.12. The first-order chi connectivity index (χ1) is 12.8. The zero-order chi connectivity index (χ0) is 17.8. The average molecular weight is 357 g/mol. The minimum atomic E-state index is 0.722. The molecule has 26 heavy (non-hydrogen) atoms. The highest BCUT2D eigenvalue weighted by atomic mass is 35.5. The van der Waals surface area contributed by atoms with Gasteiger partial charge in [0, 0.05) is 16.3 Å². The predicted octanol–water partition coefficient (Wildman–Crippen LogP) is 6.36. The van der Waals surface area contributed by atoms with Gasteiger partial charge in [-0.2, -0.15) is 0 Å². The summed E-state index contributed by atoms with van der Waals surface area (Å²) < 4.78 is 2.09. The third-order valence-electron chi connectivity index (χ3n) is 4.18. The summed E-state index contributed by atoms with van der Waals surface area (Å²) in [6, 6.07) is 28.3. The lowest BCUT2D eigenvalue weighted by molar-refractivity contribution is 1.06. The average Bonchev–Trinajstić information content (AvgIpc) is 3.12. The summed E-state index contributed by atoms with van der Waals surface area (Å²) in [6.45, 7) is 0. The maximum Gasteiger partial charge on any atom is 0.100 e. The van der Waals surface area contributed by atoms with Gasteiger partial charge in [0.05, 0.1) is 11.4 Å². The number of aromatic nitrogens is 2. The third kappa shape index (κ3) is 3.46. The lowest BCUT2D eigenvalue weighted by Gasteiger charge is -2.09. The van der Waals surface area contributed by atoms with Crippen molar-refractivity contribution in [3.8, 4) is 16.9 Å². The van der Waals surface area contributed by atoms with E-state index in [1.807, 2.05) is 67.0 Å². The lowest BCUT2D eigenvalue weighted by Crippen LogP contribution is -1.95. The third-order valence-corrected chi connectivity index (χ3v) is 4.43. The first-order valence-corrected chi connectivity index (χ1v) is 8.81. The quantitative estimate of drug-likeness (QED) is 0.415. The van der Waals surface area contributed by atoms with Crippen LogP contribution in [-0.2, 0) is 0 Å². The molecular formula is C23H17ClN2. The topological polar surface area (TPSA) is 17.8 Å². The van der Waals surface area contributed by atoms with E-state index in [1.165, 1.54) is 0 Å². The van der Waals surface area contributed by atoms with Gasteiger partial charge in [-0.15, -0.1) is 0 Å². The molecule has 3 aromatic carbocycles. The summed E-state index contributed by atoms with van der Waals surface area (Å²) in [5.74, 6) is 0. The van der Waals surface area contributed by atoms with Crippen LogP contribution < -0.4 is 0 Å². The number of hydrogen-bond donors (Lipinski definition) is 0. The summed E-state index contributed by atoms with van der Waals surface area (Å²) in [7, 11) is 0. The molecular weight excluding hydrogens is 340 g/mol. The van der Waals surface area contributed by atoms with Gasteiger partial charge in [0.1, 0.15) is 6.33 Å². The fraction of sp³-hybridized carbons (Fsp3) is 0. The zero-order valence-corrected chi connectivity index (χ0v) is 14.8. The molecule has 0 unspecified atom stereocenters. The van der Waals surface area contributed by atoms with Crippen molar-refractivity contribution in [1.82, 2.24) is 9.55 Å². The van der Waals surface area contributed by atoms with Crippen molar-refractivity contribution in [1.29, 1.82) is 0 Å². The molecule has 1 heterocycles. The second-order valence-corrected chi connectivity index (χ2v) is 6.37. The van der Waals surface area contributed by atoms with E-state index < -0.39 is 0 Å². The van der Waals surface area contributed by atoms with E-state index in [4.69, 9.17) is 11.6 Å². The van der Waals surface area contributed by atoms with Crippen LogP contribution in [0.4, 0.5) is 0 Å². The molecule has 0 atom stereocenters. The minimum absolute atomic E-state index is 0.722. The molecule has 3 heteroatoms. The molecule has 0 spiro atoms. The number of rotatable bonds is 4. The summed E-state index contributed by atoms with van der Waals surface area (Å²) in [6.07, 6.45) is 6.00. The van der Waals surface area contributed by atoms with Crippen LogP contribution in [0.3, 0.4) is 0 Å². The Labute approximate surface area is 158 Å². The van der Waals surface area contributed by atoms with E-state index >= 15 is 0 Å². The fourth-order valence-corrected chi connectivity index (χ4v) is 3.03. The van der Waals surface area contributed by atoms with Crippen molar-refractivity contribution >= 4 is 23.8 Å². The van der Waals surface area contributed by atoms with Crippen molar-refractivity contribution in [2.45, 2.75) is 0 Å². The summed E-state index contributed by atoms with van der Waals surface area (Å²) in [5.41, 5.74) is 5.27. The molecule has 4 rings (SSSR count). The summed E-state index contributed by atoms with van der Waals surface area (Å²) >= 11 is 6.04. The number of hydrogen-bond acceptors (Lipinski definition) is 1. The van der Waals surface area contributed by atoms with Crippen LogP contribution in [0.1, 0.15) is 11.3 Å². The van der Waals surface area contributed by atoms with Crippen molar-refractivity contribution in [3.05, 3.63) is 108 Å². The van der Waals surface area contributed by atoms with E-state index in [2.05, 4.69) is 46.0 Å². The fourth-order valence-electron chi connectivity index (χ4n) is 2.90. The van der Waals surface area contributed by atoms with E-state index in [0.717, 1.165) is 33.2 Å². The van der Waals surface area contributed by atoms with E-state index in [0.29, 0.717) is 0 Å². The normalized spacial score (nSPS) is 11.1. The van der Waals surface area contributed by atoms with Crippen LogP contribution in [0.2, 0.25) is 5.02 Å². The second-order valence-electron chi connectivity index (χ2n) is 5.93. The van der Waals surface area contributed by atoms with Crippen molar-refractivity contribution < 1.29 is 0 Å². The molecule has 0 N–H and O–H groups in total. The highest BCUT2D eigenvalue weighted by Crippen LogP contribution is 2.28. The van der Waals surface area contributed by atoms with Crippen molar-refractivity contribution in [2.75, 3.05) is 0 Å². The first kappa shape index (κ1) is 16.4. The molecule has 4 aromatic rings. The van der Waals surface area contributed by atoms with Gasteiger partial charge in [-0.1, -0.05) is 78.3 Å². The number of halogens is 1. The van der Waals surface area contributed by atoms with Gasteiger partial charge in [0.25, 0.3) is 0 Å². The maximum atomic E-state index is 6.04. The number of benzene rings is 3. The van der Waals surface area contributed by atoms with E-state index in [-0.39, 0.29) is 0 Å². The van der Waals surface area contributed by atoms with Crippen LogP contribution in [0, 0.1) is 0 Å². The van der Waals surface area contributed by atoms with Gasteiger partial charge in [-0.25, -0.2) is 4.98 Å². The van der Waals surface area contributed by atoms with Crippen LogP contribution in [0.5, 0.6) is 0 Å². The van der Waals surface area contributed by atoms with Crippen LogP contribution >= 0.6 is 11.6 Å². The van der Waals surface area contributed by atoms with Crippen LogP contribution in [0.15, 0.2) is 91.3 Å². The Bertz CT molecular complexity index is 1020. The Balaban J connectivity index is 1.82. The summed E-state index contributed by atoms with van der Waals surface area (Å²) in [4.78, 5) is 4.65. The highest BCUT2D eigenvalue weighted by molar-refractivity contribution is 6.30. The summed E-state index contributed by atoms with van der Waals surface area (Å²) in [5, 5.41) is 0.722. The largest absolute Gasteiger partial charge is 0.298 e. The molecule has 0 radical (unpaired) electrons. The Morgan fingerprint density at radius 3 is 2.08 bits per heavy atom. The van der Waals surface area contributed by atoms with Gasteiger partial charge in [-0.05, 0) is 35.9 Å². The molecule has 126 valence electrons. The maximum absolute atomic E-state index is 6.04. The molecule has 0 bridgehead atoms. The molecule has 0 saturated heterocycles. The molecule has 0 amide bonds. The Morgan fingerprint density at radius 1 is 0.731 bits per heavy atom. The van der Waals surface area contributed by atoms with Gasteiger partial charge in [0.2, 0.25) is 0 Å². The molecule has 2 nitrogen and oxygen atoms in total. The van der Waals surface area contributed by atoms with Gasteiger partial charge in [0.15, 0.2) is 0 Å². The minimum Gasteiger partial charge on any atom is -0.298 e. The van der Waals surface area contributed by atoms with E-state index in [1.54, 1.807) is 0 Å². The first-order valence-electron chi connectivity index (χ1n) is 8.43. The van der Waals surface area contributed by atoms with Crippen LogP contribution in [-0.4, -0.2) is 9.55 Å². The molecule has 0 saturated carbocycles. The van der Waals surface area contributed by atoms with Crippen LogP contribution in [0.25, 0.3) is 29.1 Å². The molecule has 1 aromatic heterocycles. The Morgan fingerprint density at radius 2 is 1.38 bits per heavy atom. The Hall–Kier alpha value is -3.10. The molecule has 0 aliphatic rings. The monoisotopic (exact) mass is 356 g/mol. The Kier molecular flexibility index (Phi) is 4.67.